The fraction of sp³-hybridized carbons (Fsp3) is 0.545. The van der Waals surface area contributed by atoms with E-state index in [9.17, 15) is 0 Å². The molecule has 0 atom stereocenters. The van der Waals surface area contributed by atoms with Crippen molar-refractivity contribution in [3.63, 3.8) is 0 Å². The van der Waals surface area contributed by atoms with Gasteiger partial charge in [0.2, 0.25) is 0 Å². The van der Waals surface area contributed by atoms with Crippen molar-refractivity contribution in [1.82, 2.24) is 10.3 Å². The zero-order chi connectivity index (χ0) is 10.1. The van der Waals surface area contributed by atoms with Gasteiger partial charge in [-0.3, -0.25) is 4.98 Å². The molecule has 78 valence electrons. The summed E-state index contributed by atoms with van der Waals surface area (Å²) in [7, 11) is 0. The molecule has 1 heterocycles. The highest BCUT2D eigenvalue weighted by atomic mass is 16.5. The molecule has 3 heteroatoms. The summed E-state index contributed by atoms with van der Waals surface area (Å²) in [6.07, 6.45) is 4.77. The molecule has 1 aromatic rings. The van der Waals surface area contributed by atoms with E-state index in [1.807, 2.05) is 18.3 Å². The van der Waals surface area contributed by atoms with Crippen LogP contribution < -0.4 is 5.32 Å². The highest BCUT2D eigenvalue weighted by molar-refractivity contribution is 5.06. The van der Waals surface area contributed by atoms with Gasteiger partial charge < -0.3 is 10.1 Å². The lowest BCUT2D eigenvalue weighted by molar-refractivity contribution is 0.122. The monoisotopic (exact) mass is 194 g/mol. The van der Waals surface area contributed by atoms with E-state index in [4.69, 9.17) is 4.74 Å². The van der Waals surface area contributed by atoms with Crippen LogP contribution >= 0.6 is 0 Å². The molecule has 0 unspecified atom stereocenters. The minimum atomic E-state index is 0.654. The SMILES string of the molecule is CCCNCCOCc1cccnc1. The van der Waals surface area contributed by atoms with Gasteiger partial charge in [0.25, 0.3) is 0 Å². The molecule has 0 amide bonds. The number of aromatic nitrogens is 1. The molecule has 14 heavy (non-hydrogen) atoms. The van der Waals surface area contributed by atoms with Crippen LogP contribution in [0, 0.1) is 0 Å². The molecular formula is C11H18N2O. The molecule has 0 aliphatic heterocycles. The average Bonchev–Trinajstić information content (AvgIpc) is 2.25. The number of hydrogen-bond donors (Lipinski definition) is 1. The van der Waals surface area contributed by atoms with Gasteiger partial charge in [0.05, 0.1) is 13.2 Å². The Morgan fingerprint density at radius 2 is 2.36 bits per heavy atom. The number of hydrogen-bond acceptors (Lipinski definition) is 3. The Kier molecular flexibility index (Phi) is 5.95. The first-order valence-corrected chi connectivity index (χ1v) is 5.11. The van der Waals surface area contributed by atoms with Gasteiger partial charge in [-0.15, -0.1) is 0 Å². The third-order valence-electron chi connectivity index (χ3n) is 1.84. The van der Waals surface area contributed by atoms with Crippen LogP contribution in [0.15, 0.2) is 24.5 Å². The maximum Gasteiger partial charge on any atom is 0.0732 e. The first-order valence-electron chi connectivity index (χ1n) is 5.11. The van der Waals surface area contributed by atoms with E-state index < -0.39 is 0 Å². The minimum Gasteiger partial charge on any atom is -0.375 e. The van der Waals surface area contributed by atoms with Gasteiger partial charge in [-0.25, -0.2) is 0 Å². The predicted molar refractivity (Wildman–Crippen MR) is 57.1 cm³/mol. The molecule has 1 N–H and O–H groups in total. The van der Waals surface area contributed by atoms with E-state index in [1.54, 1.807) is 6.20 Å². The van der Waals surface area contributed by atoms with Gasteiger partial charge >= 0.3 is 0 Å². The van der Waals surface area contributed by atoms with Gasteiger partial charge in [-0.05, 0) is 24.6 Å². The number of pyridine rings is 1. The Morgan fingerprint density at radius 3 is 3.07 bits per heavy atom. The highest BCUT2D eigenvalue weighted by Crippen LogP contribution is 1.97. The summed E-state index contributed by atoms with van der Waals surface area (Å²) >= 11 is 0. The molecule has 0 saturated carbocycles. The number of rotatable bonds is 7. The summed E-state index contributed by atoms with van der Waals surface area (Å²) < 4.78 is 5.46. The van der Waals surface area contributed by atoms with Crippen molar-refractivity contribution in [2.75, 3.05) is 19.7 Å². The Bertz CT molecular complexity index is 226. The highest BCUT2D eigenvalue weighted by Gasteiger charge is 1.91. The summed E-state index contributed by atoms with van der Waals surface area (Å²) in [5, 5.41) is 3.28. The first-order chi connectivity index (χ1) is 6.93. The second-order valence-electron chi connectivity index (χ2n) is 3.16. The van der Waals surface area contributed by atoms with Crippen molar-refractivity contribution in [2.24, 2.45) is 0 Å². The smallest absolute Gasteiger partial charge is 0.0732 e. The van der Waals surface area contributed by atoms with Crippen molar-refractivity contribution >= 4 is 0 Å². The predicted octanol–water partition coefficient (Wildman–Crippen LogP) is 1.60. The van der Waals surface area contributed by atoms with E-state index in [1.165, 1.54) is 6.42 Å². The Balaban J connectivity index is 1.99. The molecule has 3 nitrogen and oxygen atoms in total. The van der Waals surface area contributed by atoms with Gasteiger partial charge in [-0.2, -0.15) is 0 Å². The maximum atomic E-state index is 5.46. The fourth-order valence-corrected chi connectivity index (χ4v) is 1.12. The van der Waals surface area contributed by atoms with E-state index >= 15 is 0 Å². The largest absolute Gasteiger partial charge is 0.375 e. The quantitative estimate of drug-likeness (QED) is 0.669. The lowest BCUT2D eigenvalue weighted by Gasteiger charge is -2.04. The molecule has 0 fully saturated rings. The number of ether oxygens (including phenoxy) is 1. The van der Waals surface area contributed by atoms with Gasteiger partial charge in [0.15, 0.2) is 0 Å². The van der Waals surface area contributed by atoms with Crippen LogP contribution in [0.3, 0.4) is 0 Å². The van der Waals surface area contributed by atoms with Gasteiger partial charge in [0, 0.05) is 18.9 Å². The van der Waals surface area contributed by atoms with Crippen molar-refractivity contribution < 1.29 is 4.74 Å². The van der Waals surface area contributed by atoms with Crippen LogP contribution in [0.5, 0.6) is 0 Å². The Hall–Kier alpha value is -0.930. The topological polar surface area (TPSA) is 34.1 Å². The van der Waals surface area contributed by atoms with E-state index in [2.05, 4.69) is 17.2 Å². The molecule has 0 radical (unpaired) electrons. The molecule has 0 saturated heterocycles. The van der Waals surface area contributed by atoms with Gasteiger partial charge in [0.1, 0.15) is 0 Å². The van der Waals surface area contributed by atoms with Crippen LogP contribution in [0.25, 0.3) is 0 Å². The van der Waals surface area contributed by atoms with Crippen LogP contribution in [0.1, 0.15) is 18.9 Å². The van der Waals surface area contributed by atoms with Crippen LogP contribution in [0.4, 0.5) is 0 Å². The summed E-state index contributed by atoms with van der Waals surface area (Å²) in [6.45, 7) is 5.56. The second kappa shape index (κ2) is 7.47. The van der Waals surface area contributed by atoms with Gasteiger partial charge in [-0.1, -0.05) is 13.0 Å². The number of nitrogens with zero attached hydrogens (tertiary/aromatic N) is 1. The summed E-state index contributed by atoms with van der Waals surface area (Å²) in [5.41, 5.74) is 1.13. The fourth-order valence-electron chi connectivity index (χ4n) is 1.12. The second-order valence-corrected chi connectivity index (χ2v) is 3.16. The molecular weight excluding hydrogens is 176 g/mol. The molecule has 0 aliphatic rings. The van der Waals surface area contributed by atoms with Crippen LogP contribution in [-0.4, -0.2) is 24.7 Å². The van der Waals surface area contributed by atoms with E-state index in [0.29, 0.717) is 6.61 Å². The molecule has 0 aromatic carbocycles. The molecule has 0 aliphatic carbocycles. The third kappa shape index (κ3) is 4.94. The van der Waals surface area contributed by atoms with Crippen molar-refractivity contribution in [3.05, 3.63) is 30.1 Å². The Morgan fingerprint density at radius 1 is 1.43 bits per heavy atom. The average molecular weight is 194 g/mol. The minimum absolute atomic E-state index is 0.654. The molecule has 0 bridgehead atoms. The lowest BCUT2D eigenvalue weighted by atomic mass is 10.3. The number of nitrogens with one attached hydrogen (secondary N) is 1. The van der Waals surface area contributed by atoms with Crippen molar-refractivity contribution in [1.29, 1.82) is 0 Å². The third-order valence-corrected chi connectivity index (χ3v) is 1.84. The first kappa shape index (κ1) is 11.1. The Labute approximate surface area is 85.5 Å². The summed E-state index contributed by atoms with van der Waals surface area (Å²) in [5.74, 6) is 0. The normalized spacial score (nSPS) is 10.4. The zero-order valence-corrected chi connectivity index (χ0v) is 8.70. The standard InChI is InChI=1S/C11H18N2O/c1-2-5-12-7-8-14-10-11-4-3-6-13-9-11/h3-4,6,9,12H,2,5,7-8,10H2,1H3. The maximum absolute atomic E-state index is 5.46. The van der Waals surface area contributed by atoms with Crippen molar-refractivity contribution in [2.45, 2.75) is 20.0 Å². The van der Waals surface area contributed by atoms with Crippen LogP contribution in [-0.2, 0) is 11.3 Å². The van der Waals surface area contributed by atoms with E-state index in [0.717, 1.165) is 25.3 Å². The van der Waals surface area contributed by atoms with E-state index in [-0.39, 0.29) is 0 Å². The summed E-state index contributed by atoms with van der Waals surface area (Å²) in [6, 6.07) is 3.94. The molecule has 1 rings (SSSR count). The summed E-state index contributed by atoms with van der Waals surface area (Å²) in [4.78, 5) is 4.02. The zero-order valence-electron chi connectivity index (χ0n) is 8.70. The van der Waals surface area contributed by atoms with Crippen LogP contribution in [0.2, 0.25) is 0 Å². The van der Waals surface area contributed by atoms with Crippen molar-refractivity contribution in [3.8, 4) is 0 Å². The molecule has 0 spiro atoms. The molecule has 1 aromatic heterocycles. The lowest BCUT2D eigenvalue weighted by Crippen LogP contribution is -2.20.